The van der Waals surface area contributed by atoms with Crippen LogP contribution in [0.15, 0.2) is 0 Å². The number of hydrogen-bond acceptors (Lipinski definition) is 0. The van der Waals surface area contributed by atoms with Crippen LogP contribution in [0.5, 0.6) is 0 Å². The zero-order valence-electron chi connectivity index (χ0n) is 5.82. The molecular weight excluding hydrogens is 217 g/mol. The van der Waals surface area contributed by atoms with Gasteiger partial charge in [0, 0.05) is 0 Å². The van der Waals surface area contributed by atoms with Gasteiger partial charge in [0.05, 0.1) is 19.6 Å². The fourth-order valence-electron chi connectivity index (χ4n) is 2.03. The minimum atomic E-state index is 0. The van der Waals surface area contributed by atoms with Gasteiger partial charge in [0.25, 0.3) is 0 Å². The van der Waals surface area contributed by atoms with Crippen molar-refractivity contribution in [3.8, 4) is 0 Å². The van der Waals surface area contributed by atoms with Crippen molar-refractivity contribution >= 4 is 23.9 Å². The Morgan fingerprint density at radius 2 is 1.33 bits per heavy atom. The van der Waals surface area contributed by atoms with Gasteiger partial charge in [0.1, 0.15) is 0 Å². The van der Waals surface area contributed by atoms with Crippen LogP contribution in [0.25, 0.3) is 0 Å². The minimum Gasteiger partial charge on any atom is -0.335 e. The van der Waals surface area contributed by atoms with Gasteiger partial charge in [-0.3, -0.25) is 0 Å². The smallest absolute Gasteiger partial charge is 0.335 e. The quantitative estimate of drug-likeness (QED) is 0.526. The second kappa shape index (κ2) is 3.24. The normalized spacial score (nSPS) is 40.0. The van der Waals surface area contributed by atoms with Crippen LogP contribution in [-0.2, 0) is 0 Å². The van der Waals surface area contributed by atoms with Gasteiger partial charge in [-0.25, -0.2) is 0 Å². The average molecular weight is 231 g/mol. The second-order valence-electron chi connectivity index (χ2n) is 3.23. The third-order valence-electron chi connectivity index (χ3n) is 2.72. The Bertz CT molecular complexity index is 63.9. The first kappa shape index (κ1) is 7.86. The molecule has 3 aliphatic rings. The Morgan fingerprint density at radius 1 is 0.889 bits per heavy atom. The van der Waals surface area contributed by atoms with Crippen LogP contribution in [-0.4, -0.2) is 43.5 Å². The maximum atomic E-state index is 1.87. The molecule has 0 radical (unpaired) electrons. The summed E-state index contributed by atoms with van der Waals surface area (Å²) in [6, 6.07) is 0. The van der Waals surface area contributed by atoms with Crippen LogP contribution in [0.3, 0.4) is 0 Å². The van der Waals surface area contributed by atoms with E-state index < -0.39 is 0 Å². The molecule has 0 spiro atoms. The maximum absolute atomic E-state index is 1.87. The molecule has 0 unspecified atom stereocenters. The summed E-state index contributed by atoms with van der Waals surface area (Å²) in [7, 11) is 0. The molecule has 9 heavy (non-hydrogen) atoms. The molecule has 1 N–H and O–H groups in total. The fourth-order valence-corrected chi connectivity index (χ4v) is 2.03. The second-order valence-corrected chi connectivity index (χ2v) is 3.23. The Hall–Kier alpha value is 0.759. The van der Waals surface area contributed by atoms with E-state index in [9.17, 15) is 0 Å². The fraction of sp³-hybridized carbons (Fsp3) is 1.00. The van der Waals surface area contributed by atoms with Gasteiger partial charge < -0.3 is 4.90 Å². The van der Waals surface area contributed by atoms with Crippen molar-refractivity contribution in [1.29, 1.82) is 0 Å². The molecule has 0 aromatic rings. The Balaban J connectivity index is 0.000000405. The maximum Gasteiger partial charge on any atom is 4.00 e. The molecular formula is C7H14NSn+5. The summed E-state index contributed by atoms with van der Waals surface area (Å²) in [4.78, 5) is 1.87. The van der Waals surface area contributed by atoms with Gasteiger partial charge in [0.2, 0.25) is 0 Å². The van der Waals surface area contributed by atoms with Crippen molar-refractivity contribution in [2.75, 3.05) is 19.6 Å². The van der Waals surface area contributed by atoms with Gasteiger partial charge in [0.15, 0.2) is 0 Å². The molecule has 0 aliphatic carbocycles. The first-order valence-corrected chi connectivity index (χ1v) is 3.79. The zero-order valence-corrected chi connectivity index (χ0v) is 8.67. The number of piperidine rings is 3. The van der Waals surface area contributed by atoms with Crippen molar-refractivity contribution < 1.29 is 4.90 Å². The summed E-state index contributed by atoms with van der Waals surface area (Å²) < 4.78 is 0. The largest absolute Gasteiger partial charge is 4.00 e. The van der Waals surface area contributed by atoms with Crippen molar-refractivity contribution in [2.45, 2.75) is 19.3 Å². The molecule has 3 saturated heterocycles. The van der Waals surface area contributed by atoms with Crippen LogP contribution in [0.4, 0.5) is 0 Å². The molecule has 3 rings (SSSR count). The first-order valence-electron chi connectivity index (χ1n) is 3.79. The van der Waals surface area contributed by atoms with Crippen molar-refractivity contribution in [3.63, 3.8) is 0 Å². The van der Waals surface area contributed by atoms with Gasteiger partial charge >= 0.3 is 23.9 Å². The average Bonchev–Trinajstić information content (AvgIpc) is 1.92. The number of quaternary nitrogens is 1. The molecule has 2 heteroatoms. The molecule has 2 bridgehead atoms. The molecule has 3 heterocycles. The van der Waals surface area contributed by atoms with Crippen LogP contribution < -0.4 is 4.90 Å². The van der Waals surface area contributed by atoms with Crippen LogP contribution in [0.2, 0.25) is 0 Å². The molecule has 0 atom stereocenters. The van der Waals surface area contributed by atoms with E-state index in [1.807, 2.05) is 4.90 Å². The van der Waals surface area contributed by atoms with Crippen LogP contribution in [0.1, 0.15) is 19.3 Å². The number of hydrogen-bond donors (Lipinski definition) is 1. The van der Waals surface area contributed by atoms with Gasteiger partial charge in [-0.2, -0.15) is 0 Å². The molecule has 46 valence electrons. The summed E-state index contributed by atoms with van der Waals surface area (Å²) in [6.07, 6.45) is 4.57. The van der Waals surface area contributed by atoms with Crippen molar-refractivity contribution in [2.24, 2.45) is 5.92 Å². The Kier molecular flexibility index (Phi) is 2.83. The molecule has 3 aliphatic heterocycles. The predicted octanol–water partition coefficient (Wildman–Crippen LogP) is -0.696. The molecule has 0 amide bonds. The van der Waals surface area contributed by atoms with Gasteiger partial charge in [-0.1, -0.05) is 0 Å². The summed E-state index contributed by atoms with van der Waals surface area (Å²) in [5.41, 5.74) is 0. The van der Waals surface area contributed by atoms with E-state index in [1.165, 1.54) is 38.9 Å². The van der Waals surface area contributed by atoms with Crippen LogP contribution in [0, 0.1) is 5.92 Å². The van der Waals surface area contributed by atoms with E-state index >= 15 is 0 Å². The van der Waals surface area contributed by atoms with Crippen molar-refractivity contribution in [3.05, 3.63) is 0 Å². The molecule has 3 fully saturated rings. The topological polar surface area (TPSA) is 4.44 Å². The predicted molar refractivity (Wildman–Crippen MR) is 38.7 cm³/mol. The SMILES string of the molecule is C1C[NH+]2CCC1CC2.[Sn+4]. The summed E-state index contributed by atoms with van der Waals surface area (Å²) in [5, 5.41) is 0. The van der Waals surface area contributed by atoms with E-state index in [4.69, 9.17) is 0 Å². The summed E-state index contributed by atoms with van der Waals surface area (Å²) >= 11 is 0. The molecule has 0 aromatic carbocycles. The van der Waals surface area contributed by atoms with E-state index in [1.54, 1.807) is 0 Å². The van der Waals surface area contributed by atoms with E-state index in [2.05, 4.69) is 0 Å². The summed E-state index contributed by atoms with van der Waals surface area (Å²) in [6.45, 7) is 4.43. The number of nitrogens with one attached hydrogen (secondary N) is 1. The number of rotatable bonds is 0. The van der Waals surface area contributed by atoms with Gasteiger partial charge in [-0.05, 0) is 25.2 Å². The monoisotopic (exact) mass is 232 g/mol. The third-order valence-corrected chi connectivity index (χ3v) is 2.72. The number of fused-ring (bicyclic) bond motifs is 3. The van der Waals surface area contributed by atoms with Crippen molar-refractivity contribution in [1.82, 2.24) is 0 Å². The zero-order chi connectivity index (χ0) is 5.40. The van der Waals surface area contributed by atoms with E-state index in [-0.39, 0.29) is 23.9 Å². The molecule has 0 aromatic heterocycles. The minimum absolute atomic E-state index is 0. The van der Waals surface area contributed by atoms with E-state index in [0.29, 0.717) is 0 Å². The summed E-state index contributed by atoms with van der Waals surface area (Å²) in [5.74, 6) is 1.13. The molecule has 0 saturated carbocycles. The first-order chi connectivity index (χ1) is 3.95. The van der Waals surface area contributed by atoms with E-state index in [0.717, 1.165) is 5.92 Å². The Morgan fingerprint density at radius 3 is 1.44 bits per heavy atom. The third kappa shape index (κ3) is 1.61. The molecule has 1 nitrogen and oxygen atoms in total. The Labute approximate surface area is 73.8 Å². The standard InChI is InChI=1S/C7H13N.Sn/c1-4-8-5-2-7(1)3-6-8;/h7H,1-6H2;/q;+4/p+1. The van der Waals surface area contributed by atoms with Crippen LogP contribution >= 0.6 is 0 Å². The van der Waals surface area contributed by atoms with Gasteiger partial charge in [-0.15, -0.1) is 0 Å².